The van der Waals surface area contributed by atoms with Crippen LogP contribution in [-0.4, -0.2) is 51.2 Å². The monoisotopic (exact) mass is 471 g/mol. The maximum absolute atomic E-state index is 14.1. The third kappa shape index (κ3) is 4.22. The van der Waals surface area contributed by atoms with Crippen molar-refractivity contribution >= 4 is 11.6 Å². The van der Waals surface area contributed by atoms with Crippen LogP contribution < -0.4 is 19.7 Å². The molecule has 9 nitrogen and oxygen atoms in total. The Labute approximate surface area is 196 Å². The molecule has 5 rings (SSSR count). The van der Waals surface area contributed by atoms with Gasteiger partial charge < -0.3 is 19.7 Å². The molecule has 0 unspecified atom stereocenters. The second-order valence-electron chi connectivity index (χ2n) is 9.04. The molecule has 1 saturated carbocycles. The zero-order valence-electron chi connectivity index (χ0n) is 19.3. The van der Waals surface area contributed by atoms with Crippen LogP contribution in [-0.2, 0) is 0 Å². The third-order valence-corrected chi connectivity index (χ3v) is 6.53. The van der Waals surface area contributed by atoms with Crippen molar-refractivity contribution in [2.75, 3.05) is 30.4 Å². The van der Waals surface area contributed by atoms with Crippen molar-refractivity contribution in [1.82, 2.24) is 25.0 Å². The van der Waals surface area contributed by atoms with Gasteiger partial charge in [-0.25, -0.2) is 9.07 Å². The summed E-state index contributed by atoms with van der Waals surface area (Å²) in [4.78, 5) is 6.79. The van der Waals surface area contributed by atoms with Crippen LogP contribution in [0.2, 0.25) is 0 Å². The van der Waals surface area contributed by atoms with E-state index in [1.54, 1.807) is 18.0 Å². The quantitative estimate of drug-likeness (QED) is 0.552. The fourth-order valence-corrected chi connectivity index (χ4v) is 4.87. The van der Waals surface area contributed by atoms with Crippen molar-refractivity contribution < 1.29 is 18.3 Å². The van der Waals surface area contributed by atoms with Crippen molar-refractivity contribution in [3.8, 4) is 17.6 Å². The molecule has 0 radical (unpaired) electrons. The first-order valence-electron chi connectivity index (χ1n) is 11.4. The van der Waals surface area contributed by atoms with Gasteiger partial charge in [-0.05, 0) is 50.7 Å². The molecule has 3 heterocycles. The summed E-state index contributed by atoms with van der Waals surface area (Å²) in [6.45, 7) is 5.58. The van der Waals surface area contributed by atoms with Crippen LogP contribution in [0.25, 0.3) is 0 Å². The lowest BCUT2D eigenvalue weighted by Gasteiger charge is -2.39. The van der Waals surface area contributed by atoms with E-state index in [0.717, 1.165) is 37.7 Å². The van der Waals surface area contributed by atoms with Crippen LogP contribution in [0.4, 0.5) is 20.4 Å². The Hall–Kier alpha value is -3.50. The summed E-state index contributed by atoms with van der Waals surface area (Å²) in [7, 11) is 1.58. The van der Waals surface area contributed by atoms with Crippen LogP contribution in [0.3, 0.4) is 0 Å². The number of rotatable bonds is 7. The lowest BCUT2D eigenvalue weighted by Crippen LogP contribution is -2.48. The van der Waals surface area contributed by atoms with Crippen LogP contribution in [0.1, 0.15) is 32.7 Å². The number of methoxy groups -OCH3 is 1. The number of fused-ring (bicyclic) bond motifs is 2. The van der Waals surface area contributed by atoms with Gasteiger partial charge in [0.1, 0.15) is 0 Å². The first-order chi connectivity index (χ1) is 16.4. The van der Waals surface area contributed by atoms with Crippen molar-refractivity contribution in [2.45, 2.75) is 38.8 Å². The molecule has 180 valence electrons. The third-order valence-electron chi connectivity index (χ3n) is 6.53. The number of benzene rings is 1. The summed E-state index contributed by atoms with van der Waals surface area (Å²) in [5, 5.41) is 16.0. The Bertz CT molecular complexity index is 1160. The van der Waals surface area contributed by atoms with Crippen LogP contribution in [0.5, 0.6) is 17.6 Å². The Balaban J connectivity index is 1.33. The van der Waals surface area contributed by atoms with E-state index in [1.807, 2.05) is 19.9 Å². The maximum atomic E-state index is 14.1. The summed E-state index contributed by atoms with van der Waals surface area (Å²) in [6.07, 6.45) is 3.95. The lowest BCUT2D eigenvalue weighted by atomic mass is 9.92. The van der Waals surface area contributed by atoms with E-state index in [9.17, 15) is 8.78 Å². The molecule has 1 aromatic carbocycles. The van der Waals surface area contributed by atoms with E-state index in [2.05, 4.69) is 30.5 Å². The number of nitrogens with zero attached hydrogens (tertiary/aromatic N) is 6. The van der Waals surface area contributed by atoms with Gasteiger partial charge in [0.15, 0.2) is 11.6 Å². The first kappa shape index (κ1) is 22.3. The molecule has 2 fully saturated rings. The average Bonchev–Trinajstić information content (AvgIpc) is 3.32. The van der Waals surface area contributed by atoms with Crippen LogP contribution >= 0.6 is 0 Å². The second kappa shape index (κ2) is 9.03. The van der Waals surface area contributed by atoms with E-state index in [4.69, 9.17) is 9.47 Å². The molecule has 3 atom stereocenters. The number of anilines is 2. The Morgan fingerprint density at radius 2 is 1.91 bits per heavy atom. The summed E-state index contributed by atoms with van der Waals surface area (Å²) in [6, 6.07) is 5.94. The first-order valence-corrected chi connectivity index (χ1v) is 11.4. The molecule has 1 saturated heterocycles. The number of nitrogens with one attached hydrogen (secondary N) is 1. The summed E-state index contributed by atoms with van der Waals surface area (Å²) in [5.41, 5.74) is 0.997. The second-order valence-corrected chi connectivity index (χ2v) is 9.04. The Morgan fingerprint density at radius 1 is 1.15 bits per heavy atom. The average molecular weight is 472 g/mol. The van der Waals surface area contributed by atoms with E-state index in [-0.39, 0.29) is 23.8 Å². The SMILES string of the molecule is COc1cc(N2C[C@H]3CC[C@@H](C2)[C@@H]3Nc2nc(Oc3cccc(F)c3F)n(C(C)C)n2)cnn1. The standard InChI is InChI=1S/C23H27F2N7O2/c1-13(2)32-23(34-18-6-4-5-17(24)20(18)25)28-22(30-32)27-21-14-7-8-15(21)12-31(11-14)16-9-19(33-3)29-26-10-16/h4-6,9-10,13-15,21H,7-8,11-12H2,1-3H3,(H,27,30)/t14-,15+,21-. The van der Waals surface area contributed by atoms with Gasteiger partial charge in [-0.15, -0.1) is 10.2 Å². The number of hydrogen-bond acceptors (Lipinski definition) is 8. The van der Waals surface area contributed by atoms with E-state index >= 15 is 0 Å². The fraction of sp³-hybridized carbons (Fsp3) is 0.478. The zero-order chi connectivity index (χ0) is 23.8. The summed E-state index contributed by atoms with van der Waals surface area (Å²) in [5.74, 6) is -0.544. The van der Waals surface area contributed by atoms with Crippen LogP contribution in [0.15, 0.2) is 30.5 Å². The van der Waals surface area contributed by atoms with Gasteiger partial charge in [0, 0.05) is 25.2 Å². The summed E-state index contributed by atoms with van der Waals surface area (Å²) >= 11 is 0. The van der Waals surface area contributed by atoms with Gasteiger partial charge in [0.25, 0.3) is 0 Å². The van der Waals surface area contributed by atoms with Gasteiger partial charge >= 0.3 is 6.01 Å². The smallest absolute Gasteiger partial charge is 0.322 e. The minimum Gasteiger partial charge on any atom is -0.480 e. The van der Waals surface area contributed by atoms with Crippen molar-refractivity contribution in [1.29, 1.82) is 0 Å². The highest BCUT2D eigenvalue weighted by Gasteiger charge is 2.43. The van der Waals surface area contributed by atoms with Crippen molar-refractivity contribution in [2.24, 2.45) is 11.8 Å². The molecule has 1 aliphatic heterocycles. The summed E-state index contributed by atoms with van der Waals surface area (Å²) < 4.78 is 40.2. The molecule has 0 spiro atoms. The highest BCUT2D eigenvalue weighted by molar-refractivity contribution is 5.48. The number of piperidine rings is 1. The molecule has 1 N–H and O–H groups in total. The predicted molar refractivity (Wildman–Crippen MR) is 121 cm³/mol. The molecule has 2 bridgehead atoms. The molecule has 2 aromatic heterocycles. The molecular formula is C23H27F2N7O2. The minimum absolute atomic E-state index is 0.0811. The zero-order valence-corrected chi connectivity index (χ0v) is 19.3. The van der Waals surface area contributed by atoms with E-state index in [1.165, 1.54) is 12.1 Å². The minimum atomic E-state index is -1.05. The maximum Gasteiger partial charge on any atom is 0.322 e. The molecule has 34 heavy (non-hydrogen) atoms. The molecule has 11 heteroatoms. The normalized spacial score (nSPS) is 21.7. The van der Waals surface area contributed by atoms with Crippen LogP contribution in [0, 0.1) is 23.5 Å². The number of ether oxygens (including phenoxy) is 2. The van der Waals surface area contributed by atoms with Gasteiger partial charge in [0.05, 0.1) is 25.0 Å². The highest BCUT2D eigenvalue weighted by Crippen LogP contribution is 2.40. The topological polar surface area (TPSA) is 90.2 Å². The molecule has 2 aliphatic rings. The van der Waals surface area contributed by atoms with Gasteiger partial charge in [-0.1, -0.05) is 6.07 Å². The molecule has 3 aromatic rings. The Kier molecular flexibility index (Phi) is 5.93. The number of halogens is 2. The Morgan fingerprint density at radius 3 is 2.62 bits per heavy atom. The van der Waals surface area contributed by atoms with Crippen molar-refractivity contribution in [3.05, 3.63) is 42.1 Å². The van der Waals surface area contributed by atoms with E-state index in [0.29, 0.717) is 23.7 Å². The number of aromatic nitrogens is 5. The highest BCUT2D eigenvalue weighted by atomic mass is 19.2. The molecule has 1 aliphatic carbocycles. The predicted octanol–water partition coefficient (Wildman–Crippen LogP) is 4.06. The van der Waals surface area contributed by atoms with E-state index < -0.39 is 11.6 Å². The van der Waals surface area contributed by atoms with Gasteiger partial charge in [0.2, 0.25) is 17.6 Å². The van der Waals surface area contributed by atoms with Gasteiger partial charge in [-0.3, -0.25) is 0 Å². The lowest BCUT2D eigenvalue weighted by molar-refractivity contribution is 0.352. The fourth-order valence-electron chi connectivity index (χ4n) is 4.87. The molecule has 0 amide bonds. The largest absolute Gasteiger partial charge is 0.480 e. The number of hydrogen-bond donors (Lipinski definition) is 1. The molecular weight excluding hydrogens is 444 g/mol. The van der Waals surface area contributed by atoms with Crippen molar-refractivity contribution in [3.63, 3.8) is 0 Å². The van der Waals surface area contributed by atoms with Gasteiger partial charge in [-0.2, -0.15) is 14.5 Å².